The molecule has 4 nitrogen and oxygen atoms in total. The van der Waals surface area contributed by atoms with Crippen molar-refractivity contribution in [3.8, 4) is 0 Å². The van der Waals surface area contributed by atoms with Crippen molar-refractivity contribution in [2.45, 2.75) is 31.6 Å². The van der Waals surface area contributed by atoms with Gasteiger partial charge in [0.1, 0.15) is 0 Å². The molecule has 1 unspecified atom stereocenters. The van der Waals surface area contributed by atoms with E-state index in [1.807, 2.05) is 37.3 Å². The molecular weight excluding hydrogens is 260 g/mol. The van der Waals surface area contributed by atoms with Crippen molar-refractivity contribution in [1.29, 1.82) is 0 Å². The second-order valence-electron chi connectivity index (χ2n) is 4.93. The maximum atomic E-state index is 12.6. The second kappa shape index (κ2) is 6.50. The molecule has 2 rings (SSSR count). The van der Waals surface area contributed by atoms with Gasteiger partial charge in [-0.2, -0.15) is 4.31 Å². The summed E-state index contributed by atoms with van der Waals surface area (Å²) >= 11 is 0. The molecule has 0 amide bonds. The van der Waals surface area contributed by atoms with E-state index in [0.29, 0.717) is 19.6 Å². The Labute approximate surface area is 115 Å². The standard InChI is InChI=1S/C14H22N2O2S/c1-2-16(12-13-7-4-3-5-8-13)19(17,18)14-9-6-10-15-11-14/h3-5,7-8,14-15H,2,6,9-12H2,1H3. The molecule has 0 saturated carbocycles. The van der Waals surface area contributed by atoms with E-state index < -0.39 is 10.0 Å². The van der Waals surface area contributed by atoms with Crippen molar-refractivity contribution in [3.05, 3.63) is 35.9 Å². The average Bonchev–Trinajstić information content (AvgIpc) is 2.46. The number of rotatable bonds is 5. The first kappa shape index (κ1) is 14.5. The van der Waals surface area contributed by atoms with Crippen LogP contribution in [0.2, 0.25) is 0 Å². The van der Waals surface area contributed by atoms with Crippen LogP contribution >= 0.6 is 0 Å². The number of hydrogen-bond acceptors (Lipinski definition) is 3. The number of hydrogen-bond donors (Lipinski definition) is 1. The number of benzene rings is 1. The fourth-order valence-electron chi connectivity index (χ4n) is 2.45. The van der Waals surface area contributed by atoms with Gasteiger partial charge in [0.05, 0.1) is 5.25 Å². The van der Waals surface area contributed by atoms with Gasteiger partial charge >= 0.3 is 0 Å². The lowest BCUT2D eigenvalue weighted by Crippen LogP contribution is -2.45. The Kier molecular flexibility index (Phi) is 4.96. The van der Waals surface area contributed by atoms with Gasteiger partial charge in [-0.05, 0) is 24.9 Å². The third-order valence-electron chi connectivity index (χ3n) is 3.59. The van der Waals surface area contributed by atoms with E-state index >= 15 is 0 Å². The van der Waals surface area contributed by atoms with Crippen molar-refractivity contribution in [2.75, 3.05) is 19.6 Å². The SMILES string of the molecule is CCN(Cc1ccccc1)S(=O)(=O)C1CCCNC1. The van der Waals surface area contributed by atoms with Crippen molar-refractivity contribution < 1.29 is 8.42 Å². The Bertz CT molecular complexity index is 481. The van der Waals surface area contributed by atoms with Crippen LogP contribution in [0.4, 0.5) is 0 Å². The molecule has 1 N–H and O–H groups in total. The van der Waals surface area contributed by atoms with Crippen molar-refractivity contribution in [1.82, 2.24) is 9.62 Å². The summed E-state index contributed by atoms with van der Waals surface area (Å²) in [5, 5.41) is 2.90. The summed E-state index contributed by atoms with van der Waals surface area (Å²) in [5.41, 5.74) is 1.04. The molecule has 1 fully saturated rings. The first-order valence-electron chi connectivity index (χ1n) is 6.88. The Balaban J connectivity index is 2.11. The highest BCUT2D eigenvalue weighted by Crippen LogP contribution is 2.18. The highest BCUT2D eigenvalue weighted by Gasteiger charge is 2.32. The van der Waals surface area contributed by atoms with E-state index in [0.717, 1.165) is 24.9 Å². The van der Waals surface area contributed by atoms with Crippen LogP contribution in [-0.4, -0.2) is 37.6 Å². The number of piperidine rings is 1. The Hall–Kier alpha value is -0.910. The zero-order valence-corrected chi connectivity index (χ0v) is 12.2. The van der Waals surface area contributed by atoms with Gasteiger partial charge in [-0.25, -0.2) is 8.42 Å². The largest absolute Gasteiger partial charge is 0.315 e. The third-order valence-corrected chi connectivity index (χ3v) is 5.94. The van der Waals surface area contributed by atoms with Gasteiger partial charge < -0.3 is 5.32 Å². The predicted octanol–water partition coefficient (Wildman–Crippen LogP) is 1.59. The summed E-state index contributed by atoms with van der Waals surface area (Å²) in [6.45, 7) is 4.39. The minimum atomic E-state index is -3.20. The van der Waals surface area contributed by atoms with E-state index in [9.17, 15) is 8.42 Å². The molecule has 0 spiro atoms. The molecule has 19 heavy (non-hydrogen) atoms. The first-order chi connectivity index (χ1) is 9.14. The van der Waals surface area contributed by atoms with Crippen molar-refractivity contribution in [3.63, 3.8) is 0 Å². The highest BCUT2D eigenvalue weighted by atomic mass is 32.2. The molecule has 1 heterocycles. The molecule has 106 valence electrons. The molecular formula is C14H22N2O2S. The molecule has 1 aliphatic rings. The van der Waals surface area contributed by atoms with Crippen LogP contribution in [0.3, 0.4) is 0 Å². The third kappa shape index (κ3) is 3.55. The van der Waals surface area contributed by atoms with Crippen LogP contribution in [0.5, 0.6) is 0 Å². The number of nitrogens with one attached hydrogen (secondary N) is 1. The molecule has 0 aromatic heterocycles. The monoisotopic (exact) mass is 282 g/mol. The van der Waals surface area contributed by atoms with Crippen LogP contribution in [0, 0.1) is 0 Å². The van der Waals surface area contributed by atoms with E-state index in [-0.39, 0.29) is 5.25 Å². The molecule has 0 aliphatic carbocycles. The van der Waals surface area contributed by atoms with E-state index in [4.69, 9.17) is 0 Å². The van der Waals surface area contributed by atoms with E-state index in [1.165, 1.54) is 0 Å². The summed E-state index contributed by atoms with van der Waals surface area (Å²) in [7, 11) is -3.20. The number of nitrogens with zero attached hydrogens (tertiary/aromatic N) is 1. The molecule has 1 aliphatic heterocycles. The molecule has 5 heteroatoms. The molecule has 1 aromatic rings. The highest BCUT2D eigenvalue weighted by molar-refractivity contribution is 7.89. The van der Waals surface area contributed by atoms with Crippen LogP contribution < -0.4 is 5.32 Å². The average molecular weight is 282 g/mol. The fraction of sp³-hybridized carbons (Fsp3) is 0.571. The Morgan fingerprint density at radius 3 is 2.63 bits per heavy atom. The second-order valence-corrected chi connectivity index (χ2v) is 7.14. The molecule has 1 aromatic carbocycles. The fourth-order valence-corrected chi connectivity index (χ4v) is 4.36. The van der Waals surface area contributed by atoms with Crippen molar-refractivity contribution >= 4 is 10.0 Å². The lowest BCUT2D eigenvalue weighted by Gasteiger charge is -2.29. The Morgan fingerprint density at radius 2 is 2.05 bits per heavy atom. The lowest BCUT2D eigenvalue weighted by atomic mass is 10.2. The van der Waals surface area contributed by atoms with Gasteiger partial charge in [0, 0.05) is 19.6 Å². The van der Waals surface area contributed by atoms with Gasteiger partial charge in [-0.3, -0.25) is 0 Å². The zero-order chi connectivity index (χ0) is 13.7. The molecule has 0 radical (unpaired) electrons. The van der Waals surface area contributed by atoms with E-state index in [1.54, 1.807) is 4.31 Å². The summed E-state index contributed by atoms with van der Waals surface area (Å²) in [6.07, 6.45) is 1.70. The molecule has 1 atom stereocenters. The quantitative estimate of drug-likeness (QED) is 0.892. The normalized spacial score (nSPS) is 20.6. The Morgan fingerprint density at radius 1 is 1.32 bits per heavy atom. The zero-order valence-electron chi connectivity index (χ0n) is 11.4. The topological polar surface area (TPSA) is 49.4 Å². The van der Waals surface area contributed by atoms with Crippen LogP contribution in [0.25, 0.3) is 0 Å². The summed E-state index contributed by atoms with van der Waals surface area (Å²) < 4.78 is 26.8. The van der Waals surface area contributed by atoms with Gasteiger partial charge in [-0.1, -0.05) is 37.3 Å². The van der Waals surface area contributed by atoms with Crippen LogP contribution in [-0.2, 0) is 16.6 Å². The smallest absolute Gasteiger partial charge is 0.218 e. The summed E-state index contributed by atoms with van der Waals surface area (Å²) in [4.78, 5) is 0. The maximum absolute atomic E-state index is 12.6. The maximum Gasteiger partial charge on any atom is 0.218 e. The van der Waals surface area contributed by atoms with E-state index in [2.05, 4.69) is 5.32 Å². The minimum Gasteiger partial charge on any atom is -0.315 e. The molecule has 1 saturated heterocycles. The van der Waals surface area contributed by atoms with Gasteiger partial charge in [0.15, 0.2) is 0 Å². The van der Waals surface area contributed by atoms with Gasteiger partial charge in [0.2, 0.25) is 10.0 Å². The van der Waals surface area contributed by atoms with Crippen LogP contribution in [0.1, 0.15) is 25.3 Å². The van der Waals surface area contributed by atoms with Crippen LogP contribution in [0.15, 0.2) is 30.3 Å². The van der Waals surface area contributed by atoms with Crippen molar-refractivity contribution in [2.24, 2.45) is 0 Å². The minimum absolute atomic E-state index is 0.273. The lowest BCUT2D eigenvalue weighted by molar-refractivity contribution is 0.399. The number of sulfonamides is 1. The van der Waals surface area contributed by atoms with Gasteiger partial charge in [-0.15, -0.1) is 0 Å². The molecule has 0 bridgehead atoms. The van der Waals surface area contributed by atoms with Gasteiger partial charge in [0.25, 0.3) is 0 Å². The predicted molar refractivity (Wildman–Crippen MR) is 77.3 cm³/mol. The summed E-state index contributed by atoms with van der Waals surface area (Å²) in [5.74, 6) is 0. The summed E-state index contributed by atoms with van der Waals surface area (Å²) in [6, 6.07) is 9.77. The first-order valence-corrected chi connectivity index (χ1v) is 8.38.